The Kier molecular flexibility index (Phi) is 10.4. The van der Waals surface area contributed by atoms with Crippen LogP contribution in [0.15, 0.2) is 78.9 Å². The number of para-hydroxylation sites is 1. The SMILES string of the molecule is Cc1nc(CC2OCC(c3ccc(Cl)cc3)N(C(CN(c3ccccc3F)S(=O)C3CC3)C3CC3)C2=O)n[nH]1.Clc1ccccc1. The molecule has 2 heterocycles. The van der Waals surface area contributed by atoms with Crippen molar-refractivity contribution in [2.45, 2.75) is 62.5 Å². The number of amides is 1. The van der Waals surface area contributed by atoms with E-state index in [0.29, 0.717) is 22.4 Å². The molecule has 12 heteroatoms. The Morgan fingerprint density at radius 2 is 1.67 bits per heavy atom. The molecule has 3 fully saturated rings. The molecule has 2 aliphatic carbocycles. The third-order valence-electron chi connectivity index (χ3n) is 8.34. The summed E-state index contributed by atoms with van der Waals surface area (Å²) in [4.78, 5) is 20.5. The Balaban J connectivity index is 0.000000471. The average Bonchev–Trinajstić information content (AvgIpc) is 3.99. The van der Waals surface area contributed by atoms with E-state index in [2.05, 4.69) is 15.2 Å². The molecule has 3 aliphatic rings. The van der Waals surface area contributed by atoms with Crippen molar-refractivity contribution in [3.63, 3.8) is 0 Å². The fourth-order valence-electron chi connectivity index (χ4n) is 5.71. The zero-order valence-corrected chi connectivity index (χ0v) is 27.7. The number of nitrogens with one attached hydrogen (secondary N) is 1. The molecule has 2 saturated carbocycles. The summed E-state index contributed by atoms with van der Waals surface area (Å²) in [6.07, 6.45) is 3.11. The monoisotopic (exact) mass is 683 g/mol. The van der Waals surface area contributed by atoms with Gasteiger partial charge in [-0.05, 0) is 80.5 Å². The number of hydrogen-bond acceptors (Lipinski definition) is 5. The number of benzene rings is 3. The largest absolute Gasteiger partial charge is 0.365 e. The van der Waals surface area contributed by atoms with Crippen molar-refractivity contribution in [2.75, 3.05) is 17.5 Å². The summed E-state index contributed by atoms with van der Waals surface area (Å²) in [5.41, 5.74) is 1.22. The molecule has 46 heavy (non-hydrogen) atoms. The van der Waals surface area contributed by atoms with Crippen molar-refractivity contribution in [1.82, 2.24) is 20.1 Å². The second-order valence-corrected chi connectivity index (χ2v) is 14.4. The van der Waals surface area contributed by atoms with Crippen LogP contribution in [0.1, 0.15) is 48.9 Å². The molecule has 3 aromatic carbocycles. The highest BCUT2D eigenvalue weighted by Gasteiger charge is 2.48. The Hall–Kier alpha value is -3.31. The van der Waals surface area contributed by atoms with Crippen LogP contribution in [0, 0.1) is 18.7 Å². The van der Waals surface area contributed by atoms with Gasteiger partial charge in [0.15, 0.2) is 5.82 Å². The Morgan fingerprint density at radius 1 is 1.00 bits per heavy atom. The molecule has 242 valence electrons. The van der Waals surface area contributed by atoms with Crippen LogP contribution in [-0.2, 0) is 26.9 Å². The van der Waals surface area contributed by atoms with Gasteiger partial charge in [0, 0.05) is 16.5 Å². The van der Waals surface area contributed by atoms with E-state index < -0.39 is 22.9 Å². The molecule has 4 atom stereocenters. The summed E-state index contributed by atoms with van der Waals surface area (Å²) in [6.45, 7) is 2.37. The first kappa shape index (κ1) is 32.6. The number of nitrogens with zero attached hydrogens (tertiary/aromatic N) is 4. The molecule has 0 radical (unpaired) electrons. The van der Waals surface area contributed by atoms with E-state index in [1.807, 2.05) is 66.4 Å². The summed E-state index contributed by atoms with van der Waals surface area (Å²) in [6, 6.07) is 22.7. The maximum absolute atomic E-state index is 15.0. The molecule has 8 nitrogen and oxygen atoms in total. The van der Waals surface area contributed by atoms with Gasteiger partial charge in [0.25, 0.3) is 5.91 Å². The first-order valence-corrected chi connectivity index (χ1v) is 17.4. The topological polar surface area (TPSA) is 91.4 Å². The highest BCUT2D eigenvalue weighted by Crippen LogP contribution is 2.43. The fraction of sp³-hybridized carbons (Fsp3) is 0.382. The van der Waals surface area contributed by atoms with Gasteiger partial charge >= 0.3 is 0 Å². The zero-order chi connectivity index (χ0) is 32.2. The van der Waals surface area contributed by atoms with Crippen LogP contribution >= 0.6 is 23.2 Å². The van der Waals surface area contributed by atoms with Gasteiger partial charge < -0.3 is 9.64 Å². The van der Waals surface area contributed by atoms with Gasteiger partial charge in [-0.15, -0.1) is 0 Å². The standard InChI is InChI=1S/C28H31ClFN5O3S.C6H5Cl/c1-17-31-27(33-32-17)14-26-28(36)35(25(16-38-26)19-8-10-20(29)11-9-19)24(18-6-7-18)15-34(39(37)21-12-13-21)23-5-3-2-4-22(23)30;7-6-4-2-1-3-5-6/h2-5,8-11,18,21,24-26H,6-7,12-16H2,1H3,(H,31,32,33);1-5H. The van der Waals surface area contributed by atoms with Crippen LogP contribution in [0.3, 0.4) is 0 Å². The van der Waals surface area contributed by atoms with Crippen LogP contribution in [0.4, 0.5) is 10.1 Å². The lowest BCUT2D eigenvalue weighted by atomic mass is 9.97. The summed E-state index contributed by atoms with van der Waals surface area (Å²) >= 11 is 11.7. The fourth-order valence-corrected chi connectivity index (χ4v) is 7.52. The van der Waals surface area contributed by atoms with Crippen molar-refractivity contribution in [3.8, 4) is 0 Å². The quantitative estimate of drug-likeness (QED) is 0.197. The van der Waals surface area contributed by atoms with Crippen molar-refractivity contribution in [3.05, 3.63) is 112 Å². The van der Waals surface area contributed by atoms with E-state index in [4.69, 9.17) is 27.9 Å². The number of H-pyrrole nitrogens is 1. The number of carbonyl (C=O) groups excluding carboxylic acids is 1. The first-order valence-electron chi connectivity index (χ1n) is 15.5. The Labute approximate surface area is 280 Å². The predicted molar refractivity (Wildman–Crippen MR) is 178 cm³/mol. The van der Waals surface area contributed by atoms with Gasteiger partial charge in [-0.2, -0.15) is 5.10 Å². The van der Waals surface area contributed by atoms with E-state index in [-0.39, 0.29) is 48.7 Å². The molecule has 4 unspecified atom stereocenters. The maximum atomic E-state index is 15.0. The van der Waals surface area contributed by atoms with Gasteiger partial charge in [0.2, 0.25) is 0 Å². The minimum atomic E-state index is -1.40. The molecule has 1 aliphatic heterocycles. The minimum absolute atomic E-state index is 0.0126. The molecule has 4 aromatic rings. The van der Waals surface area contributed by atoms with Crippen LogP contribution in [0.25, 0.3) is 0 Å². The Morgan fingerprint density at radius 3 is 2.26 bits per heavy atom. The number of anilines is 1. The molecule has 0 bridgehead atoms. The van der Waals surface area contributed by atoms with Crippen molar-refractivity contribution < 1.29 is 18.1 Å². The highest BCUT2D eigenvalue weighted by atomic mass is 35.5. The first-order chi connectivity index (χ1) is 22.3. The van der Waals surface area contributed by atoms with Gasteiger partial charge in [0.05, 0.1) is 36.2 Å². The molecule has 7 rings (SSSR count). The van der Waals surface area contributed by atoms with E-state index in [1.54, 1.807) is 22.5 Å². The molecule has 1 N–H and O–H groups in total. The lowest BCUT2D eigenvalue weighted by molar-refractivity contribution is -0.164. The van der Waals surface area contributed by atoms with E-state index >= 15 is 4.39 Å². The Bertz CT molecular complexity index is 1650. The number of morpholine rings is 1. The third kappa shape index (κ3) is 7.97. The number of aromatic amines is 1. The van der Waals surface area contributed by atoms with Crippen molar-refractivity contribution in [2.24, 2.45) is 5.92 Å². The molecule has 1 saturated heterocycles. The van der Waals surface area contributed by atoms with E-state index in [9.17, 15) is 9.00 Å². The summed E-state index contributed by atoms with van der Waals surface area (Å²) in [7, 11) is -1.40. The van der Waals surface area contributed by atoms with Crippen LogP contribution in [-0.4, -0.2) is 60.7 Å². The summed E-state index contributed by atoms with van der Waals surface area (Å²) in [5, 5.41) is 8.44. The number of halogens is 3. The third-order valence-corrected chi connectivity index (χ3v) is 10.7. The van der Waals surface area contributed by atoms with E-state index in [0.717, 1.165) is 36.3 Å². The van der Waals surface area contributed by atoms with Gasteiger partial charge in [-0.3, -0.25) is 14.2 Å². The number of carbonyl (C=O) groups is 1. The lowest BCUT2D eigenvalue weighted by Gasteiger charge is -2.45. The normalized spacial score (nSPS) is 20.9. The minimum Gasteiger partial charge on any atom is -0.365 e. The number of ether oxygens (including phenoxy) is 1. The second kappa shape index (κ2) is 14.6. The van der Waals surface area contributed by atoms with Crippen LogP contribution in [0.2, 0.25) is 10.0 Å². The van der Waals surface area contributed by atoms with Gasteiger partial charge in [-0.1, -0.05) is 65.7 Å². The van der Waals surface area contributed by atoms with Gasteiger partial charge in [0.1, 0.15) is 28.7 Å². The predicted octanol–water partition coefficient (Wildman–Crippen LogP) is 6.87. The second-order valence-electron chi connectivity index (χ2n) is 11.9. The van der Waals surface area contributed by atoms with Crippen molar-refractivity contribution >= 4 is 45.8 Å². The number of aryl methyl sites for hydroxylation is 1. The average molecular weight is 685 g/mol. The molecular formula is C34H36Cl2FN5O3S. The molecule has 0 spiro atoms. The highest BCUT2D eigenvalue weighted by molar-refractivity contribution is 7.87. The van der Waals surface area contributed by atoms with Gasteiger partial charge in [-0.25, -0.2) is 13.6 Å². The molecule has 1 amide bonds. The van der Waals surface area contributed by atoms with Crippen LogP contribution < -0.4 is 4.31 Å². The van der Waals surface area contributed by atoms with E-state index in [1.165, 1.54) is 6.07 Å². The molecular weight excluding hydrogens is 648 g/mol. The number of rotatable bonds is 10. The summed E-state index contributed by atoms with van der Waals surface area (Å²) in [5.74, 6) is 0.830. The lowest BCUT2D eigenvalue weighted by Crippen LogP contribution is -2.58. The molecule has 1 aromatic heterocycles. The van der Waals surface area contributed by atoms with Crippen LogP contribution in [0.5, 0.6) is 0 Å². The smallest absolute Gasteiger partial charge is 0.253 e. The number of aromatic nitrogens is 3. The summed E-state index contributed by atoms with van der Waals surface area (Å²) < 4.78 is 36.5. The number of hydrogen-bond donors (Lipinski definition) is 1. The zero-order valence-electron chi connectivity index (χ0n) is 25.4. The maximum Gasteiger partial charge on any atom is 0.253 e. The van der Waals surface area contributed by atoms with Crippen molar-refractivity contribution in [1.29, 1.82) is 0 Å².